The van der Waals surface area contributed by atoms with Crippen LogP contribution in [0.3, 0.4) is 0 Å². The molecule has 2 aromatic carbocycles. The third-order valence-corrected chi connectivity index (χ3v) is 3.23. The zero-order valence-corrected chi connectivity index (χ0v) is 13.6. The number of amides is 1. The van der Waals surface area contributed by atoms with E-state index in [9.17, 15) is 4.79 Å². The van der Waals surface area contributed by atoms with Crippen molar-refractivity contribution in [3.05, 3.63) is 59.7 Å². The largest absolute Gasteiger partial charge is 0.493 e. The van der Waals surface area contributed by atoms with E-state index in [0.717, 1.165) is 16.8 Å². The summed E-state index contributed by atoms with van der Waals surface area (Å²) in [6.07, 6.45) is 3.24. The van der Waals surface area contributed by atoms with Gasteiger partial charge in [0, 0.05) is 11.8 Å². The van der Waals surface area contributed by atoms with Gasteiger partial charge in [0.1, 0.15) is 0 Å². The molecule has 0 atom stereocenters. The molecule has 0 aliphatic rings. The lowest BCUT2D eigenvalue weighted by Crippen LogP contribution is -2.07. The summed E-state index contributed by atoms with van der Waals surface area (Å²) in [6.45, 7) is 4.47. The molecule has 23 heavy (non-hydrogen) atoms. The number of aryl methyl sites for hydroxylation is 1. The lowest BCUT2D eigenvalue weighted by Gasteiger charge is -2.09. The van der Waals surface area contributed by atoms with Crippen LogP contribution < -0.4 is 14.8 Å². The van der Waals surface area contributed by atoms with Crippen molar-refractivity contribution in [1.82, 2.24) is 0 Å². The molecule has 0 aliphatic carbocycles. The Labute approximate surface area is 136 Å². The van der Waals surface area contributed by atoms with Gasteiger partial charge in [0.15, 0.2) is 11.5 Å². The number of carbonyl (C=O) groups excluding carboxylic acids is 1. The quantitative estimate of drug-likeness (QED) is 0.819. The molecule has 4 nitrogen and oxygen atoms in total. The summed E-state index contributed by atoms with van der Waals surface area (Å²) in [5.41, 5.74) is 2.79. The van der Waals surface area contributed by atoms with Gasteiger partial charge >= 0.3 is 0 Å². The summed E-state index contributed by atoms with van der Waals surface area (Å²) in [4.78, 5) is 12.0. The topological polar surface area (TPSA) is 47.6 Å². The number of rotatable bonds is 6. The fourth-order valence-electron chi connectivity index (χ4n) is 2.06. The standard InChI is InChI=1S/C19H21NO3/c1-4-23-18-13-15(7-11-17(18)22-3)8-12-19(21)20-16-9-5-14(2)6-10-16/h5-13H,4H2,1-3H3,(H,20,21)/b12-8+. The Morgan fingerprint density at radius 3 is 2.52 bits per heavy atom. The Morgan fingerprint density at radius 2 is 1.87 bits per heavy atom. The Bertz CT molecular complexity index is 690. The van der Waals surface area contributed by atoms with Crippen LogP contribution in [0.1, 0.15) is 18.1 Å². The van der Waals surface area contributed by atoms with Gasteiger partial charge in [0.2, 0.25) is 5.91 Å². The molecule has 4 heteroatoms. The van der Waals surface area contributed by atoms with Crippen LogP contribution in [0.2, 0.25) is 0 Å². The lowest BCUT2D eigenvalue weighted by atomic mass is 10.2. The number of ether oxygens (including phenoxy) is 2. The summed E-state index contributed by atoms with van der Waals surface area (Å²) in [5, 5.41) is 2.82. The zero-order chi connectivity index (χ0) is 16.7. The average molecular weight is 311 g/mol. The van der Waals surface area contributed by atoms with Gasteiger partial charge in [-0.2, -0.15) is 0 Å². The van der Waals surface area contributed by atoms with Crippen LogP contribution >= 0.6 is 0 Å². The van der Waals surface area contributed by atoms with Crippen LogP contribution in [0.25, 0.3) is 6.08 Å². The summed E-state index contributed by atoms with van der Waals surface area (Å²) in [6, 6.07) is 13.2. The second-order valence-corrected chi connectivity index (χ2v) is 5.03. The highest BCUT2D eigenvalue weighted by molar-refractivity contribution is 6.01. The molecule has 0 spiro atoms. The van der Waals surface area contributed by atoms with Crippen molar-refractivity contribution in [3.8, 4) is 11.5 Å². The van der Waals surface area contributed by atoms with Crippen molar-refractivity contribution in [3.63, 3.8) is 0 Å². The molecule has 0 aromatic heterocycles. The van der Waals surface area contributed by atoms with Gasteiger partial charge in [0.25, 0.3) is 0 Å². The molecule has 0 bridgehead atoms. The molecule has 0 aliphatic heterocycles. The first-order valence-corrected chi connectivity index (χ1v) is 7.49. The van der Waals surface area contributed by atoms with Crippen molar-refractivity contribution < 1.29 is 14.3 Å². The maximum Gasteiger partial charge on any atom is 0.248 e. The minimum absolute atomic E-state index is 0.178. The highest BCUT2D eigenvalue weighted by Gasteiger charge is 2.04. The molecule has 0 saturated carbocycles. The van der Waals surface area contributed by atoms with Crippen molar-refractivity contribution in [2.24, 2.45) is 0 Å². The fraction of sp³-hybridized carbons (Fsp3) is 0.211. The third-order valence-electron chi connectivity index (χ3n) is 3.23. The molecule has 2 aromatic rings. The lowest BCUT2D eigenvalue weighted by molar-refractivity contribution is -0.111. The third kappa shape index (κ3) is 4.88. The van der Waals surface area contributed by atoms with E-state index in [1.165, 1.54) is 6.08 Å². The normalized spacial score (nSPS) is 10.6. The van der Waals surface area contributed by atoms with E-state index in [-0.39, 0.29) is 5.91 Å². The molecule has 1 N–H and O–H groups in total. The fourth-order valence-corrected chi connectivity index (χ4v) is 2.06. The number of nitrogens with one attached hydrogen (secondary N) is 1. The maximum absolute atomic E-state index is 12.0. The predicted molar refractivity (Wildman–Crippen MR) is 93.0 cm³/mol. The van der Waals surface area contributed by atoms with Gasteiger partial charge in [0.05, 0.1) is 13.7 Å². The SMILES string of the molecule is CCOc1cc(/C=C/C(=O)Nc2ccc(C)cc2)ccc1OC. The molecule has 0 heterocycles. The summed E-state index contributed by atoms with van der Waals surface area (Å²) < 4.78 is 10.8. The zero-order valence-electron chi connectivity index (χ0n) is 13.6. The highest BCUT2D eigenvalue weighted by Crippen LogP contribution is 2.28. The van der Waals surface area contributed by atoms with Crippen LogP contribution in [0, 0.1) is 6.92 Å². The second kappa shape index (κ2) is 8.03. The van der Waals surface area contributed by atoms with E-state index in [0.29, 0.717) is 18.1 Å². The van der Waals surface area contributed by atoms with E-state index < -0.39 is 0 Å². The van der Waals surface area contributed by atoms with Crippen LogP contribution in [0.5, 0.6) is 11.5 Å². The first-order valence-electron chi connectivity index (χ1n) is 7.49. The number of benzene rings is 2. The van der Waals surface area contributed by atoms with Crippen LogP contribution in [-0.4, -0.2) is 19.6 Å². The first-order chi connectivity index (χ1) is 11.1. The minimum Gasteiger partial charge on any atom is -0.493 e. The molecule has 120 valence electrons. The van der Waals surface area contributed by atoms with Crippen molar-refractivity contribution >= 4 is 17.7 Å². The molecule has 2 rings (SSSR count). The molecule has 0 saturated heterocycles. The van der Waals surface area contributed by atoms with Crippen LogP contribution in [0.15, 0.2) is 48.5 Å². The van der Waals surface area contributed by atoms with Crippen molar-refractivity contribution in [2.75, 3.05) is 19.0 Å². The van der Waals surface area contributed by atoms with Gasteiger partial charge < -0.3 is 14.8 Å². The number of hydrogen-bond acceptors (Lipinski definition) is 3. The monoisotopic (exact) mass is 311 g/mol. The van der Waals surface area contributed by atoms with Crippen LogP contribution in [-0.2, 0) is 4.79 Å². The van der Waals surface area contributed by atoms with Crippen molar-refractivity contribution in [1.29, 1.82) is 0 Å². The van der Waals surface area contributed by atoms with E-state index in [1.54, 1.807) is 13.2 Å². The smallest absolute Gasteiger partial charge is 0.248 e. The van der Waals surface area contributed by atoms with Gasteiger partial charge in [-0.15, -0.1) is 0 Å². The Morgan fingerprint density at radius 1 is 1.13 bits per heavy atom. The minimum atomic E-state index is -0.178. The van der Waals surface area contributed by atoms with Gasteiger partial charge in [-0.3, -0.25) is 4.79 Å². The van der Waals surface area contributed by atoms with Gasteiger partial charge in [-0.1, -0.05) is 23.8 Å². The first kappa shape index (κ1) is 16.6. The van der Waals surface area contributed by atoms with E-state index >= 15 is 0 Å². The number of hydrogen-bond donors (Lipinski definition) is 1. The second-order valence-electron chi connectivity index (χ2n) is 5.03. The van der Waals surface area contributed by atoms with E-state index in [2.05, 4.69) is 5.32 Å². The number of carbonyl (C=O) groups is 1. The van der Waals surface area contributed by atoms with E-state index in [4.69, 9.17) is 9.47 Å². The summed E-state index contributed by atoms with van der Waals surface area (Å²) in [5.74, 6) is 1.16. The van der Waals surface area contributed by atoms with Gasteiger partial charge in [-0.05, 0) is 49.8 Å². The summed E-state index contributed by atoms with van der Waals surface area (Å²) in [7, 11) is 1.60. The highest BCUT2D eigenvalue weighted by atomic mass is 16.5. The molecule has 0 unspecified atom stereocenters. The molecule has 1 amide bonds. The Kier molecular flexibility index (Phi) is 5.80. The van der Waals surface area contributed by atoms with Crippen LogP contribution in [0.4, 0.5) is 5.69 Å². The molecular weight excluding hydrogens is 290 g/mol. The van der Waals surface area contributed by atoms with Gasteiger partial charge in [-0.25, -0.2) is 0 Å². The molecular formula is C19H21NO3. The van der Waals surface area contributed by atoms with E-state index in [1.807, 2.05) is 56.3 Å². The maximum atomic E-state index is 12.0. The van der Waals surface area contributed by atoms with Crippen molar-refractivity contribution in [2.45, 2.75) is 13.8 Å². The average Bonchev–Trinajstić information content (AvgIpc) is 2.56. The predicted octanol–water partition coefficient (Wildman–Crippen LogP) is 4.05. The Balaban J connectivity index is 2.05. The Hall–Kier alpha value is -2.75. The molecule has 0 fully saturated rings. The number of anilines is 1. The number of methoxy groups -OCH3 is 1. The molecule has 0 radical (unpaired) electrons. The summed E-state index contributed by atoms with van der Waals surface area (Å²) >= 11 is 0.